The van der Waals surface area contributed by atoms with Gasteiger partial charge in [0, 0.05) is 42.8 Å². The van der Waals surface area contributed by atoms with E-state index in [4.69, 9.17) is 23.2 Å². The number of halogens is 4. The zero-order valence-electron chi connectivity index (χ0n) is 12.8. The van der Waals surface area contributed by atoms with Crippen LogP contribution in [0, 0.1) is 5.92 Å². The Labute approximate surface area is 155 Å². The normalized spacial score (nSPS) is 16.8. The number of piperazine rings is 1. The molecule has 1 fully saturated rings. The Morgan fingerprint density at radius 1 is 1.18 bits per heavy atom. The van der Waals surface area contributed by atoms with Crippen LogP contribution in [0.1, 0.15) is 31.9 Å². The lowest BCUT2D eigenvalue weighted by Crippen LogP contribution is -2.45. The second kappa shape index (κ2) is 10.1. The molecule has 2 rings (SSSR count). The molecule has 0 radical (unpaired) electrons. The van der Waals surface area contributed by atoms with Crippen LogP contribution >= 0.6 is 48.0 Å². The number of rotatable bonds is 4. The summed E-state index contributed by atoms with van der Waals surface area (Å²) in [6, 6.07) is 3.59. The maximum absolute atomic E-state index is 10.3. The van der Waals surface area contributed by atoms with Crippen LogP contribution in [0.3, 0.4) is 0 Å². The molecule has 128 valence electrons. The summed E-state index contributed by atoms with van der Waals surface area (Å²) in [5, 5.41) is 14.6. The largest absolute Gasteiger partial charge is 0.506 e. The van der Waals surface area contributed by atoms with Crippen LogP contribution in [0.25, 0.3) is 0 Å². The van der Waals surface area contributed by atoms with Crippen molar-refractivity contribution in [3.63, 3.8) is 0 Å². The Morgan fingerprint density at radius 2 is 1.77 bits per heavy atom. The molecule has 0 aromatic heterocycles. The number of phenolic OH excluding ortho intramolecular Hbond substituents is 1. The fraction of sp³-hybridized carbons (Fsp3) is 0.600. The maximum Gasteiger partial charge on any atom is 0.139 e. The van der Waals surface area contributed by atoms with Crippen LogP contribution in [0.4, 0.5) is 0 Å². The van der Waals surface area contributed by atoms with Crippen LogP contribution in [0.5, 0.6) is 5.75 Å². The first-order valence-corrected chi connectivity index (χ1v) is 7.87. The molecule has 1 aromatic rings. The standard InChI is InChI=1S/C15H22Cl2N2O.2ClH/c1-10(2)7-14(19-5-3-18-4-6-19)12-8-11(16)9-13(17)15(12)20;;/h8-10,14,18,20H,3-7H2,1-2H3;2*1H/t14-;;/m0../s1. The molecule has 0 aliphatic carbocycles. The first-order chi connectivity index (χ1) is 9.49. The zero-order chi connectivity index (χ0) is 14.7. The SMILES string of the molecule is CC(C)C[C@@H](c1cc(Cl)cc(Cl)c1O)N1CCNCC1.Cl.Cl. The summed E-state index contributed by atoms with van der Waals surface area (Å²) in [5.74, 6) is 0.701. The van der Waals surface area contributed by atoms with Crippen molar-refractivity contribution in [1.82, 2.24) is 10.2 Å². The lowest BCUT2D eigenvalue weighted by molar-refractivity contribution is 0.151. The van der Waals surface area contributed by atoms with Gasteiger partial charge in [-0.25, -0.2) is 0 Å². The van der Waals surface area contributed by atoms with Crippen LogP contribution < -0.4 is 5.32 Å². The molecule has 0 spiro atoms. The van der Waals surface area contributed by atoms with Crippen molar-refractivity contribution in [2.75, 3.05) is 26.2 Å². The molecular formula is C15H24Cl4N2O. The average Bonchev–Trinajstić information content (AvgIpc) is 2.41. The molecule has 22 heavy (non-hydrogen) atoms. The zero-order valence-corrected chi connectivity index (χ0v) is 16.0. The molecule has 0 unspecified atom stereocenters. The monoisotopic (exact) mass is 388 g/mol. The Hall–Kier alpha value is 0.1000. The van der Waals surface area contributed by atoms with E-state index in [9.17, 15) is 5.11 Å². The minimum absolute atomic E-state index is 0. The summed E-state index contributed by atoms with van der Waals surface area (Å²) < 4.78 is 0. The first-order valence-electron chi connectivity index (χ1n) is 7.11. The van der Waals surface area contributed by atoms with Crippen LogP contribution in [0.15, 0.2) is 12.1 Å². The van der Waals surface area contributed by atoms with Gasteiger partial charge in [0.05, 0.1) is 5.02 Å². The summed E-state index contributed by atoms with van der Waals surface area (Å²) in [6.45, 7) is 8.28. The van der Waals surface area contributed by atoms with Crippen LogP contribution in [-0.4, -0.2) is 36.2 Å². The number of phenols is 1. The number of hydrogen-bond acceptors (Lipinski definition) is 3. The van der Waals surface area contributed by atoms with E-state index in [1.807, 2.05) is 6.07 Å². The number of aromatic hydroxyl groups is 1. The third-order valence-electron chi connectivity index (χ3n) is 3.70. The smallest absolute Gasteiger partial charge is 0.139 e. The highest BCUT2D eigenvalue weighted by atomic mass is 35.5. The fourth-order valence-corrected chi connectivity index (χ4v) is 3.26. The van der Waals surface area contributed by atoms with Gasteiger partial charge in [0.1, 0.15) is 5.75 Å². The minimum atomic E-state index is 0. The van der Waals surface area contributed by atoms with Gasteiger partial charge in [-0.15, -0.1) is 24.8 Å². The van der Waals surface area contributed by atoms with Crippen LogP contribution in [-0.2, 0) is 0 Å². The van der Waals surface area contributed by atoms with Gasteiger partial charge in [0.2, 0.25) is 0 Å². The number of hydrogen-bond donors (Lipinski definition) is 2. The van der Waals surface area contributed by atoms with E-state index in [0.29, 0.717) is 16.0 Å². The molecule has 2 N–H and O–H groups in total. The van der Waals surface area contributed by atoms with E-state index in [-0.39, 0.29) is 36.6 Å². The number of nitrogens with one attached hydrogen (secondary N) is 1. The van der Waals surface area contributed by atoms with E-state index in [1.165, 1.54) is 0 Å². The van der Waals surface area contributed by atoms with E-state index >= 15 is 0 Å². The Morgan fingerprint density at radius 3 is 2.32 bits per heavy atom. The fourth-order valence-electron chi connectivity index (χ4n) is 2.75. The van der Waals surface area contributed by atoms with Crippen molar-refractivity contribution in [2.45, 2.75) is 26.3 Å². The summed E-state index contributed by atoms with van der Waals surface area (Å²) >= 11 is 12.2. The molecule has 0 bridgehead atoms. The minimum Gasteiger partial charge on any atom is -0.506 e. The highest BCUT2D eigenvalue weighted by molar-refractivity contribution is 6.35. The van der Waals surface area contributed by atoms with Gasteiger partial charge >= 0.3 is 0 Å². The molecular weight excluding hydrogens is 366 g/mol. The molecule has 1 atom stereocenters. The average molecular weight is 390 g/mol. The highest BCUT2D eigenvalue weighted by Crippen LogP contribution is 2.39. The molecule has 1 aliphatic rings. The van der Waals surface area contributed by atoms with Crippen LogP contribution in [0.2, 0.25) is 10.0 Å². The lowest BCUT2D eigenvalue weighted by atomic mass is 9.94. The molecule has 7 heteroatoms. The van der Waals surface area contributed by atoms with Gasteiger partial charge in [-0.2, -0.15) is 0 Å². The predicted molar refractivity (Wildman–Crippen MR) is 99.3 cm³/mol. The third-order valence-corrected chi connectivity index (χ3v) is 4.21. The third kappa shape index (κ3) is 5.63. The van der Waals surface area contributed by atoms with Gasteiger partial charge in [0.15, 0.2) is 0 Å². The second-order valence-electron chi connectivity index (χ2n) is 5.76. The first kappa shape index (κ1) is 22.1. The molecule has 3 nitrogen and oxygen atoms in total. The van der Waals surface area contributed by atoms with Crippen molar-refractivity contribution < 1.29 is 5.11 Å². The van der Waals surface area contributed by atoms with Crippen molar-refractivity contribution >= 4 is 48.0 Å². The Balaban J connectivity index is 0.00000220. The van der Waals surface area contributed by atoms with Gasteiger partial charge in [-0.05, 0) is 24.5 Å². The summed E-state index contributed by atoms with van der Waals surface area (Å²) in [6.07, 6.45) is 0.976. The van der Waals surface area contributed by atoms with Gasteiger partial charge in [0.25, 0.3) is 0 Å². The van der Waals surface area contributed by atoms with Gasteiger partial charge < -0.3 is 10.4 Å². The Bertz CT molecular complexity index is 465. The van der Waals surface area contributed by atoms with E-state index in [0.717, 1.165) is 38.2 Å². The second-order valence-corrected chi connectivity index (χ2v) is 6.60. The molecule has 0 amide bonds. The molecule has 1 aliphatic heterocycles. The summed E-state index contributed by atoms with van der Waals surface area (Å²) in [7, 11) is 0. The van der Waals surface area contributed by atoms with Gasteiger partial charge in [-0.1, -0.05) is 37.0 Å². The van der Waals surface area contributed by atoms with E-state index < -0.39 is 0 Å². The van der Waals surface area contributed by atoms with Gasteiger partial charge in [-0.3, -0.25) is 4.90 Å². The Kier molecular flexibility index (Phi) is 10.1. The number of benzene rings is 1. The maximum atomic E-state index is 10.3. The molecule has 0 saturated carbocycles. The van der Waals surface area contributed by atoms with Crippen molar-refractivity contribution in [1.29, 1.82) is 0 Å². The summed E-state index contributed by atoms with van der Waals surface area (Å²) in [4.78, 5) is 2.40. The molecule has 1 saturated heterocycles. The highest BCUT2D eigenvalue weighted by Gasteiger charge is 2.26. The molecule has 1 heterocycles. The predicted octanol–water partition coefficient (Wildman–Crippen LogP) is 4.54. The van der Waals surface area contributed by atoms with Crippen molar-refractivity contribution in [3.05, 3.63) is 27.7 Å². The van der Waals surface area contributed by atoms with E-state index in [1.54, 1.807) is 6.07 Å². The lowest BCUT2D eigenvalue weighted by Gasteiger charge is -2.36. The number of nitrogens with zero attached hydrogens (tertiary/aromatic N) is 1. The quantitative estimate of drug-likeness (QED) is 0.793. The van der Waals surface area contributed by atoms with Crippen molar-refractivity contribution in [3.8, 4) is 5.75 Å². The summed E-state index contributed by atoms with van der Waals surface area (Å²) in [5.41, 5.74) is 0.845. The topological polar surface area (TPSA) is 35.5 Å². The van der Waals surface area contributed by atoms with E-state index in [2.05, 4.69) is 24.1 Å². The molecule has 1 aromatic carbocycles. The van der Waals surface area contributed by atoms with Crippen molar-refractivity contribution in [2.24, 2.45) is 5.92 Å².